The molecule has 56 valence electrons. The van der Waals surface area contributed by atoms with Gasteiger partial charge in [0.1, 0.15) is 7.05 Å². The molecule has 0 aliphatic heterocycles. The Labute approximate surface area is 61.4 Å². The van der Waals surface area contributed by atoms with Crippen LogP contribution in [0.5, 0.6) is 0 Å². The quantitative estimate of drug-likeness (QED) is 0.493. The zero-order chi connectivity index (χ0) is 6.85. The van der Waals surface area contributed by atoms with Gasteiger partial charge in [0.2, 0.25) is 0 Å². The minimum atomic E-state index is 0. The zero-order valence-corrected chi connectivity index (χ0v) is 6.63. The molecule has 10 heavy (non-hydrogen) atoms. The maximum atomic E-state index is 2.17. The van der Waals surface area contributed by atoms with E-state index in [2.05, 4.69) is 36.9 Å². The van der Waals surface area contributed by atoms with E-state index in [1.807, 2.05) is 7.05 Å². The highest BCUT2D eigenvalue weighted by molar-refractivity contribution is 5.11. The van der Waals surface area contributed by atoms with E-state index in [0.717, 1.165) is 0 Å². The highest BCUT2D eigenvalue weighted by Gasteiger charge is 1.93. The van der Waals surface area contributed by atoms with Crippen molar-refractivity contribution in [1.29, 1.82) is 0 Å². The largest absolute Gasteiger partial charge is 0.870 e. The maximum Gasteiger partial charge on any atom is 0.171 e. The van der Waals surface area contributed by atoms with E-state index < -0.39 is 0 Å². The number of pyridine rings is 1. The molecule has 0 spiro atoms. The van der Waals surface area contributed by atoms with Gasteiger partial charge in [-0.25, -0.2) is 4.57 Å². The summed E-state index contributed by atoms with van der Waals surface area (Å²) in [5, 5.41) is 0. The molecule has 0 atom stereocenters. The Bertz CT molecular complexity index is 170. The molecular formula is C8H13NO. The number of hydrogen-bond donors (Lipinski definition) is 0. The monoisotopic (exact) mass is 139 g/mol. The lowest BCUT2D eigenvalue weighted by atomic mass is 10.2. The van der Waals surface area contributed by atoms with Crippen LogP contribution >= 0.6 is 0 Å². The van der Waals surface area contributed by atoms with Crippen molar-refractivity contribution in [2.75, 3.05) is 0 Å². The summed E-state index contributed by atoms with van der Waals surface area (Å²) in [6.07, 6.45) is 4.21. The summed E-state index contributed by atoms with van der Waals surface area (Å²) < 4.78 is 2.07. The van der Waals surface area contributed by atoms with E-state index in [4.69, 9.17) is 0 Å². The number of rotatable bonds is 0. The van der Waals surface area contributed by atoms with Crippen molar-refractivity contribution in [2.45, 2.75) is 13.8 Å². The Kier molecular flexibility index (Phi) is 3.03. The summed E-state index contributed by atoms with van der Waals surface area (Å²) in [5.41, 5.74) is 2.63. The smallest absolute Gasteiger partial charge is 0.171 e. The van der Waals surface area contributed by atoms with Crippen molar-refractivity contribution >= 4 is 0 Å². The van der Waals surface area contributed by atoms with E-state index in [1.54, 1.807) is 0 Å². The molecule has 0 amide bonds. The van der Waals surface area contributed by atoms with E-state index in [-0.39, 0.29) is 5.48 Å². The predicted octanol–water partition coefficient (Wildman–Crippen LogP) is 0.951. The van der Waals surface area contributed by atoms with Gasteiger partial charge in [-0.2, -0.15) is 0 Å². The Morgan fingerprint density at radius 1 is 1.10 bits per heavy atom. The van der Waals surface area contributed by atoms with Crippen molar-refractivity contribution in [3.05, 3.63) is 29.6 Å². The minimum Gasteiger partial charge on any atom is -0.870 e. The molecule has 0 aliphatic rings. The van der Waals surface area contributed by atoms with Gasteiger partial charge in [0.05, 0.1) is 0 Å². The van der Waals surface area contributed by atoms with Crippen LogP contribution in [0.1, 0.15) is 11.1 Å². The average Bonchev–Trinajstić information content (AvgIpc) is 1.59. The van der Waals surface area contributed by atoms with E-state index in [0.29, 0.717) is 0 Å². The van der Waals surface area contributed by atoms with Crippen molar-refractivity contribution in [1.82, 2.24) is 0 Å². The summed E-state index contributed by atoms with van der Waals surface area (Å²) in [7, 11) is 2.04. The lowest BCUT2D eigenvalue weighted by molar-refractivity contribution is -0.672. The lowest BCUT2D eigenvalue weighted by Gasteiger charge is -1.91. The van der Waals surface area contributed by atoms with Crippen LogP contribution in [0.4, 0.5) is 0 Å². The van der Waals surface area contributed by atoms with Crippen molar-refractivity contribution in [3.63, 3.8) is 0 Å². The van der Waals surface area contributed by atoms with Crippen molar-refractivity contribution in [2.24, 2.45) is 7.05 Å². The van der Waals surface area contributed by atoms with Gasteiger partial charge in [0.25, 0.3) is 0 Å². The molecule has 1 aromatic heterocycles. The second kappa shape index (κ2) is 3.32. The fraction of sp³-hybridized carbons (Fsp3) is 0.375. The van der Waals surface area contributed by atoms with Gasteiger partial charge >= 0.3 is 0 Å². The third-order valence-corrected chi connectivity index (χ3v) is 1.27. The third-order valence-electron chi connectivity index (χ3n) is 1.27. The van der Waals surface area contributed by atoms with E-state index in [9.17, 15) is 0 Å². The SMILES string of the molecule is Cc1cc(C)c[n+](C)c1.[OH-]. The van der Waals surface area contributed by atoms with E-state index in [1.165, 1.54) is 11.1 Å². The Hall–Kier alpha value is -0.890. The predicted molar refractivity (Wildman–Crippen MR) is 39.0 cm³/mol. The average molecular weight is 139 g/mol. The molecule has 0 unspecified atom stereocenters. The minimum absolute atomic E-state index is 0. The maximum absolute atomic E-state index is 2.17. The topological polar surface area (TPSA) is 33.9 Å². The van der Waals surface area contributed by atoms with Gasteiger partial charge in [-0.05, 0) is 19.9 Å². The van der Waals surface area contributed by atoms with Gasteiger partial charge in [-0.1, -0.05) is 0 Å². The molecule has 0 bridgehead atoms. The molecule has 2 heteroatoms. The number of nitrogens with zero attached hydrogens (tertiary/aromatic N) is 1. The van der Waals surface area contributed by atoms with Gasteiger partial charge in [0, 0.05) is 11.1 Å². The number of aromatic nitrogens is 1. The molecule has 0 fully saturated rings. The van der Waals surface area contributed by atoms with Gasteiger partial charge in [-0.15, -0.1) is 0 Å². The summed E-state index contributed by atoms with van der Waals surface area (Å²) in [4.78, 5) is 0. The van der Waals surface area contributed by atoms with Crippen LogP contribution in [-0.4, -0.2) is 5.48 Å². The first-order chi connectivity index (χ1) is 4.18. The molecule has 1 rings (SSSR count). The number of hydrogen-bond acceptors (Lipinski definition) is 1. The van der Waals surface area contributed by atoms with Gasteiger partial charge < -0.3 is 5.48 Å². The molecule has 0 aliphatic carbocycles. The van der Waals surface area contributed by atoms with Crippen LogP contribution in [-0.2, 0) is 7.05 Å². The lowest BCUT2D eigenvalue weighted by Crippen LogP contribution is -2.27. The van der Waals surface area contributed by atoms with Gasteiger partial charge in [-0.3, -0.25) is 0 Å². The summed E-state index contributed by atoms with van der Waals surface area (Å²) in [6.45, 7) is 4.21. The standard InChI is InChI=1S/C8H12N.H2O/c1-7-4-8(2)6-9(3)5-7;/h4-6H,1-3H3;1H2/q+1;/p-1. The van der Waals surface area contributed by atoms with Crippen LogP contribution in [0, 0.1) is 13.8 Å². The number of aryl methyl sites for hydroxylation is 3. The molecule has 1 N–H and O–H groups in total. The van der Waals surface area contributed by atoms with Crippen molar-refractivity contribution in [3.8, 4) is 0 Å². The Balaban J connectivity index is 0.000000810. The highest BCUT2D eigenvalue weighted by Crippen LogP contribution is 1.95. The molecule has 0 saturated carbocycles. The zero-order valence-electron chi connectivity index (χ0n) is 6.63. The van der Waals surface area contributed by atoms with Gasteiger partial charge in [0.15, 0.2) is 12.4 Å². The Morgan fingerprint density at radius 3 is 1.80 bits per heavy atom. The normalized spacial score (nSPS) is 8.70. The second-order valence-corrected chi connectivity index (χ2v) is 2.56. The summed E-state index contributed by atoms with van der Waals surface area (Å²) >= 11 is 0. The van der Waals surface area contributed by atoms with Crippen LogP contribution < -0.4 is 4.57 Å². The molecule has 1 aromatic rings. The summed E-state index contributed by atoms with van der Waals surface area (Å²) in [6, 6.07) is 2.17. The molecule has 0 aromatic carbocycles. The fourth-order valence-corrected chi connectivity index (χ4v) is 1.11. The molecular weight excluding hydrogens is 126 g/mol. The van der Waals surface area contributed by atoms with Crippen LogP contribution in [0.25, 0.3) is 0 Å². The first-order valence-corrected chi connectivity index (χ1v) is 3.12. The first kappa shape index (κ1) is 9.11. The molecule has 1 heterocycles. The molecule has 0 radical (unpaired) electrons. The first-order valence-electron chi connectivity index (χ1n) is 3.12. The highest BCUT2D eigenvalue weighted by atomic mass is 16.0. The summed E-state index contributed by atoms with van der Waals surface area (Å²) in [5.74, 6) is 0. The second-order valence-electron chi connectivity index (χ2n) is 2.56. The van der Waals surface area contributed by atoms with E-state index >= 15 is 0 Å². The fourth-order valence-electron chi connectivity index (χ4n) is 1.11. The van der Waals surface area contributed by atoms with Crippen LogP contribution in [0.3, 0.4) is 0 Å². The third kappa shape index (κ3) is 2.15. The van der Waals surface area contributed by atoms with Crippen LogP contribution in [0.2, 0.25) is 0 Å². The van der Waals surface area contributed by atoms with Crippen molar-refractivity contribution < 1.29 is 10.0 Å². The molecule has 2 nitrogen and oxygen atoms in total. The molecule has 0 saturated heterocycles. The van der Waals surface area contributed by atoms with Crippen LogP contribution in [0.15, 0.2) is 18.5 Å². The Morgan fingerprint density at radius 2 is 1.50 bits per heavy atom.